The first kappa shape index (κ1) is 15.4. The van der Waals surface area contributed by atoms with Crippen molar-refractivity contribution in [2.45, 2.75) is 33.2 Å². The molecule has 0 radical (unpaired) electrons. The zero-order chi connectivity index (χ0) is 15.2. The van der Waals surface area contributed by atoms with Crippen LogP contribution in [0.4, 0.5) is 5.82 Å². The van der Waals surface area contributed by atoms with Crippen LogP contribution in [0.3, 0.4) is 0 Å². The molecular weight excluding hydrogens is 278 g/mol. The van der Waals surface area contributed by atoms with E-state index in [1.807, 2.05) is 19.1 Å². The number of hydrogen-bond donors (Lipinski definition) is 2. The quantitative estimate of drug-likeness (QED) is 0.832. The number of pyridine rings is 1. The summed E-state index contributed by atoms with van der Waals surface area (Å²) in [4.78, 5) is 4.30. The van der Waals surface area contributed by atoms with E-state index < -0.39 is 0 Å². The van der Waals surface area contributed by atoms with Gasteiger partial charge in [0, 0.05) is 6.20 Å². The van der Waals surface area contributed by atoms with Crippen molar-refractivity contribution >= 4 is 23.1 Å². The van der Waals surface area contributed by atoms with Crippen LogP contribution in [0.25, 0.3) is 0 Å². The molecule has 0 spiro atoms. The van der Waals surface area contributed by atoms with Gasteiger partial charge in [0.2, 0.25) is 0 Å². The monoisotopic (exact) mass is 299 g/mol. The fourth-order valence-electron chi connectivity index (χ4n) is 2.30. The lowest BCUT2D eigenvalue weighted by Crippen LogP contribution is -2.32. The molecule has 1 unspecified atom stereocenters. The number of anilines is 1. The maximum absolute atomic E-state index is 5.42. The van der Waals surface area contributed by atoms with Crippen LogP contribution in [-0.2, 0) is 0 Å². The Labute approximate surface area is 131 Å². The van der Waals surface area contributed by atoms with Crippen LogP contribution in [0.15, 0.2) is 42.6 Å². The van der Waals surface area contributed by atoms with Gasteiger partial charge in [-0.15, -0.1) is 0 Å². The number of aromatic nitrogens is 1. The average molecular weight is 299 g/mol. The number of rotatable bonds is 4. The molecule has 1 atom stereocenters. The Morgan fingerprint density at radius 3 is 2.52 bits per heavy atom. The topological polar surface area (TPSA) is 37.0 Å². The van der Waals surface area contributed by atoms with E-state index in [4.69, 9.17) is 12.2 Å². The lowest BCUT2D eigenvalue weighted by molar-refractivity contribution is 0.625. The molecule has 0 aliphatic rings. The molecule has 0 aliphatic carbocycles. The van der Waals surface area contributed by atoms with Crippen molar-refractivity contribution in [2.75, 3.05) is 5.32 Å². The van der Waals surface area contributed by atoms with Gasteiger partial charge in [-0.3, -0.25) is 0 Å². The average Bonchev–Trinajstić information content (AvgIpc) is 2.48. The summed E-state index contributed by atoms with van der Waals surface area (Å²) in [5.74, 6) is 0.801. The zero-order valence-corrected chi connectivity index (χ0v) is 13.5. The van der Waals surface area contributed by atoms with Gasteiger partial charge in [-0.2, -0.15) is 0 Å². The van der Waals surface area contributed by atoms with Crippen LogP contribution in [-0.4, -0.2) is 10.1 Å². The summed E-state index contributed by atoms with van der Waals surface area (Å²) < 4.78 is 0. The van der Waals surface area contributed by atoms with Crippen LogP contribution >= 0.6 is 12.2 Å². The molecule has 2 aromatic rings. The second-order valence-electron chi connectivity index (χ2n) is 5.08. The molecule has 21 heavy (non-hydrogen) atoms. The molecule has 0 bridgehead atoms. The Balaban J connectivity index is 2.07. The predicted molar refractivity (Wildman–Crippen MR) is 92.5 cm³/mol. The largest absolute Gasteiger partial charge is 0.356 e. The first-order chi connectivity index (χ1) is 10.1. The molecule has 1 aromatic heterocycles. The molecule has 0 aliphatic heterocycles. The van der Waals surface area contributed by atoms with E-state index in [9.17, 15) is 0 Å². The molecule has 0 fully saturated rings. The molecule has 1 heterocycles. The van der Waals surface area contributed by atoms with Crippen molar-refractivity contribution in [3.63, 3.8) is 0 Å². The van der Waals surface area contributed by atoms with E-state index in [0.717, 1.165) is 17.8 Å². The van der Waals surface area contributed by atoms with Crippen molar-refractivity contribution in [1.29, 1.82) is 0 Å². The van der Waals surface area contributed by atoms with Gasteiger partial charge in [0.1, 0.15) is 5.82 Å². The van der Waals surface area contributed by atoms with Crippen molar-refractivity contribution in [3.8, 4) is 0 Å². The normalized spacial score (nSPS) is 11.8. The van der Waals surface area contributed by atoms with Gasteiger partial charge >= 0.3 is 0 Å². The summed E-state index contributed by atoms with van der Waals surface area (Å²) in [5.41, 5.74) is 3.63. The minimum absolute atomic E-state index is 0.204. The van der Waals surface area contributed by atoms with Crippen LogP contribution in [0.1, 0.15) is 36.1 Å². The Hall–Kier alpha value is -1.94. The molecular formula is C17H21N3S. The number of hydrogen-bond acceptors (Lipinski definition) is 2. The third-order valence-electron chi connectivity index (χ3n) is 3.52. The third kappa shape index (κ3) is 4.02. The molecule has 3 nitrogen and oxygen atoms in total. The first-order valence-electron chi connectivity index (χ1n) is 7.16. The Kier molecular flexibility index (Phi) is 5.28. The van der Waals surface area contributed by atoms with Gasteiger partial charge in [0.25, 0.3) is 0 Å². The van der Waals surface area contributed by atoms with Crippen LogP contribution < -0.4 is 10.6 Å². The van der Waals surface area contributed by atoms with Crippen molar-refractivity contribution in [3.05, 3.63) is 59.3 Å². The number of benzene rings is 1. The van der Waals surface area contributed by atoms with Gasteiger partial charge in [0.05, 0.1) is 6.04 Å². The third-order valence-corrected chi connectivity index (χ3v) is 3.74. The summed E-state index contributed by atoms with van der Waals surface area (Å²) in [5, 5.41) is 7.16. The molecule has 0 amide bonds. The highest BCUT2D eigenvalue weighted by Crippen LogP contribution is 2.20. The van der Waals surface area contributed by atoms with Crippen LogP contribution in [0.5, 0.6) is 0 Å². The highest BCUT2D eigenvalue weighted by Gasteiger charge is 2.13. The van der Waals surface area contributed by atoms with E-state index in [-0.39, 0.29) is 6.04 Å². The van der Waals surface area contributed by atoms with E-state index in [2.05, 4.69) is 53.7 Å². The molecule has 0 saturated carbocycles. The summed E-state index contributed by atoms with van der Waals surface area (Å²) in [7, 11) is 0. The summed E-state index contributed by atoms with van der Waals surface area (Å²) in [6, 6.07) is 12.5. The molecule has 4 heteroatoms. The number of thiocarbonyl (C=S) groups is 1. The predicted octanol–water partition coefficient (Wildman–Crippen LogP) is 4.14. The molecule has 110 valence electrons. The van der Waals surface area contributed by atoms with Gasteiger partial charge in [-0.1, -0.05) is 37.3 Å². The number of nitrogens with zero attached hydrogens (tertiary/aromatic N) is 1. The van der Waals surface area contributed by atoms with E-state index in [1.165, 1.54) is 11.1 Å². The summed E-state index contributed by atoms with van der Waals surface area (Å²) >= 11 is 5.42. The highest BCUT2D eigenvalue weighted by atomic mass is 32.1. The molecule has 2 N–H and O–H groups in total. The van der Waals surface area contributed by atoms with Crippen LogP contribution in [0.2, 0.25) is 0 Å². The minimum Gasteiger partial charge on any atom is -0.356 e. The number of nitrogens with one attached hydrogen (secondary N) is 2. The molecule has 1 aromatic carbocycles. The zero-order valence-electron chi connectivity index (χ0n) is 12.7. The maximum Gasteiger partial charge on any atom is 0.172 e. The molecule has 2 rings (SSSR count). The Morgan fingerprint density at radius 1 is 1.14 bits per heavy atom. The second-order valence-corrected chi connectivity index (χ2v) is 5.49. The van der Waals surface area contributed by atoms with E-state index >= 15 is 0 Å². The smallest absolute Gasteiger partial charge is 0.172 e. The van der Waals surface area contributed by atoms with Gasteiger partial charge in [-0.05, 0) is 55.2 Å². The van der Waals surface area contributed by atoms with Crippen molar-refractivity contribution in [1.82, 2.24) is 10.3 Å². The van der Waals surface area contributed by atoms with Crippen molar-refractivity contribution < 1.29 is 0 Å². The van der Waals surface area contributed by atoms with Crippen molar-refractivity contribution in [2.24, 2.45) is 0 Å². The van der Waals surface area contributed by atoms with E-state index in [1.54, 1.807) is 6.20 Å². The standard InChI is InChI=1S/C17H21N3S/c1-4-15(14-10-6-5-8-12(14)2)19-17(21)20-16-13(3)9-7-11-18-16/h5-11,15H,4H2,1-3H3,(H2,18,19,20,21). The lowest BCUT2D eigenvalue weighted by Gasteiger charge is -2.21. The fraction of sp³-hybridized carbons (Fsp3) is 0.294. The summed E-state index contributed by atoms with van der Waals surface area (Å²) in [6.45, 7) is 6.29. The Bertz CT molecular complexity index is 625. The highest BCUT2D eigenvalue weighted by molar-refractivity contribution is 7.80. The fourth-order valence-corrected chi connectivity index (χ4v) is 2.53. The maximum atomic E-state index is 5.42. The summed E-state index contributed by atoms with van der Waals surface area (Å²) in [6.07, 6.45) is 2.73. The molecule has 0 saturated heterocycles. The van der Waals surface area contributed by atoms with Gasteiger partial charge in [0.15, 0.2) is 5.11 Å². The lowest BCUT2D eigenvalue weighted by atomic mass is 10.00. The van der Waals surface area contributed by atoms with Gasteiger partial charge in [-0.25, -0.2) is 4.98 Å². The van der Waals surface area contributed by atoms with E-state index in [0.29, 0.717) is 5.11 Å². The minimum atomic E-state index is 0.204. The van der Waals surface area contributed by atoms with Gasteiger partial charge < -0.3 is 10.6 Å². The second kappa shape index (κ2) is 7.18. The first-order valence-corrected chi connectivity index (χ1v) is 7.57. The van der Waals surface area contributed by atoms with Crippen LogP contribution in [0, 0.1) is 13.8 Å². The Morgan fingerprint density at radius 2 is 1.86 bits per heavy atom. The SMILES string of the molecule is CCC(NC(=S)Nc1ncccc1C)c1ccccc1C. The number of aryl methyl sites for hydroxylation is 2.